The van der Waals surface area contributed by atoms with Gasteiger partial charge >= 0.3 is 0 Å². The highest BCUT2D eigenvalue weighted by molar-refractivity contribution is 6.02. The van der Waals surface area contributed by atoms with E-state index >= 15 is 0 Å². The van der Waals surface area contributed by atoms with Gasteiger partial charge < -0.3 is 10.1 Å². The third kappa shape index (κ3) is 3.92. The third-order valence-electron chi connectivity index (χ3n) is 3.25. The number of aromatic nitrogens is 3. The maximum Gasteiger partial charge on any atom is 0.275 e. The average Bonchev–Trinajstić information content (AvgIpc) is 2.59. The van der Waals surface area contributed by atoms with Gasteiger partial charge in [0.1, 0.15) is 11.4 Å². The highest BCUT2D eigenvalue weighted by Gasteiger charge is 2.08. The fourth-order valence-electron chi connectivity index (χ4n) is 1.95. The van der Waals surface area contributed by atoms with Crippen molar-refractivity contribution in [2.45, 2.75) is 13.8 Å². The van der Waals surface area contributed by atoms with Gasteiger partial charge in [0, 0.05) is 12.3 Å². The summed E-state index contributed by atoms with van der Waals surface area (Å²) in [6.45, 7) is 3.82. The number of nitrogens with zero attached hydrogens (tertiary/aromatic N) is 3. The van der Waals surface area contributed by atoms with Gasteiger partial charge in [-0.05, 0) is 32.0 Å². The molecule has 1 aromatic carbocycles. The summed E-state index contributed by atoms with van der Waals surface area (Å²) in [6.07, 6.45) is 4.52. The molecule has 3 rings (SSSR count). The van der Waals surface area contributed by atoms with Crippen LogP contribution < -0.4 is 10.1 Å². The number of hydrogen-bond acceptors (Lipinski definition) is 5. The first-order chi connectivity index (χ1) is 11.6. The lowest BCUT2D eigenvalue weighted by atomic mass is 10.2. The maximum absolute atomic E-state index is 12.1. The first-order valence-electron chi connectivity index (χ1n) is 7.41. The molecule has 0 aliphatic heterocycles. The number of rotatable bonds is 4. The van der Waals surface area contributed by atoms with Crippen molar-refractivity contribution in [2.75, 3.05) is 5.32 Å². The zero-order valence-electron chi connectivity index (χ0n) is 13.4. The van der Waals surface area contributed by atoms with Gasteiger partial charge in [-0.15, -0.1) is 0 Å². The summed E-state index contributed by atoms with van der Waals surface area (Å²) in [6, 6.07) is 11.1. The average molecular weight is 320 g/mol. The van der Waals surface area contributed by atoms with Gasteiger partial charge in [0.05, 0.1) is 23.8 Å². The summed E-state index contributed by atoms with van der Waals surface area (Å²) >= 11 is 0. The van der Waals surface area contributed by atoms with Crippen molar-refractivity contribution in [3.8, 4) is 11.6 Å². The zero-order valence-corrected chi connectivity index (χ0v) is 13.4. The quantitative estimate of drug-likeness (QED) is 0.795. The van der Waals surface area contributed by atoms with Crippen LogP contribution in [0.2, 0.25) is 0 Å². The Morgan fingerprint density at radius 2 is 1.71 bits per heavy atom. The molecule has 0 aliphatic rings. The first-order valence-corrected chi connectivity index (χ1v) is 7.41. The molecule has 0 unspecified atom stereocenters. The molecule has 0 saturated heterocycles. The molecule has 3 aromatic rings. The molecule has 120 valence electrons. The van der Waals surface area contributed by atoms with Crippen LogP contribution in [0.15, 0.2) is 55.0 Å². The molecule has 0 radical (unpaired) electrons. The van der Waals surface area contributed by atoms with Crippen LogP contribution in [0.5, 0.6) is 11.6 Å². The van der Waals surface area contributed by atoms with E-state index in [0.717, 1.165) is 11.3 Å². The molecule has 2 heterocycles. The predicted octanol–water partition coefficient (Wildman–Crippen LogP) is 3.53. The maximum atomic E-state index is 12.1. The Bertz CT molecular complexity index is 828. The van der Waals surface area contributed by atoms with Gasteiger partial charge in [-0.25, -0.2) is 9.97 Å². The van der Waals surface area contributed by atoms with E-state index in [0.29, 0.717) is 17.3 Å². The summed E-state index contributed by atoms with van der Waals surface area (Å²) < 4.78 is 5.64. The molecule has 0 spiro atoms. The monoisotopic (exact) mass is 320 g/mol. The van der Waals surface area contributed by atoms with Crippen molar-refractivity contribution >= 4 is 11.6 Å². The van der Waals surface area contributed by atoms with Crippen LogP contribution in [0, 0.1) is 13.8 Å². The van der Waals surface area contributed by atoms with E-state index in [4.69, 9.17) is 4.74 Å². The topological polar surface area (TPSA) is 77.0 Å². The Hall–Kier alpha value is -3.28. The van der Waals surface area contributed by atoms with Gasteiger partial charge in [0.25, 0.3) is 5.91 Å². The second-order valence-electron chi connectivity index (χ2n) is 5.30. The molecule has 0 fully saturated rings. The van der Waals surface area contributed by atoms with Gasteiger partial charge in [-0.1, -0.05) is 17.7 Å². The number of aryl methyl sites for hydroxylation is 2. The Morgan fingerprint density at radius 3 is 2.33 bits per heavy atom. The molecular formula is C18H16N4O2. The van der Waals surface area contributed by atoms with E-state index in [1.165, 1.54) is 12.4 Å². The van der Waals surface area contributed by atoms with Crippen LogP contribution in [0.1, 0.15) is 21.7 Å². The second kappa shape index (κ2) is 6.87. The number of carbonyl (C=O) groups excluding carboxylic acids is 1. The normalized spacial score (nSPS) is 10.2. The number of ether oxygens (including phenoxy) is 1. The Balaban J connectivity index is 1.64. The van der Waals surface area contributed by atoms with Gasteiger partial charge in [-0.2, -0.15) is 0 Å². The van der Waals surface area contributed by atoms with Crippen molar-refractivity contribution in [3.63, 3.8) is 0 Å². The molecular weight excluding hydrogens is 304 g/mol. The van der Waals surface area contributed by atoms with Crippen molar-refractivity contribution in [3.05, 3.63) is 71.9 Å². The summed E-state index contributed by atoms with van der Waals surface area (Å²) in [5.41, 5.74) is 2.72. The molecule has 0 atom stereocenters. The third-order valence-corrected chi connectivity index (χ3v) is 3.25. The minimum absolute atomic E-state index is 0.251. The second-order valence-corrected chi connectivity index (χ2v) is 5.30. The number of pyridine rings is 1. The lowest BCUT2D eigenvalue weighted by Gasteiger charge is -2.07. The van der Waals surface area contributed by atoms with Crippen molar-refractivity contribution in [1.29, 1.82) is 0 Å². The lowest BCUT2D eigenvalue weighted by Crippen LogP contribution is -2.14. The van der Waals surface area contributed by atoms with Crippen LogP contribution in [-0.2, 0) is 0 Å². The number of anilines is 1. The van der Waals surface area contributed by atoms with Crippen molar-refractivity contribution in [2.24, 2.45) is 0 Å². The summed E-state index contributed by atoms with van der Waals surface area (Å²) in [7, 11) is 0. The smallest absolute Gasteiger partial charge is 0.275 e. The minimum atomic E-state index is -0.337. The van der Waals surface area contributed by atoms with Crippen LogP contribution in [0.4, 0.5) is 5.69 Å². The molecule has 1 N–H and O–H groups in total. The van der Waals surface area contributed by atoms with E-state index in [9.17, 15) is 4.79 Å². The highest BCUT2D eigenvalue weighted by Crippen LogP contribution is 2.20. The predicted molar refractivity (Wildman–Crippen MR) is 90.2 cm³/mol. The molecule has 6 heteroatoms. The van der Waals surface area contributed by atoms with E-state index < -0.39 is 0 Å². The standard InChI is InChI=1S/C18H16N4O2/c1-12-3-6-15(7-4-12)24-17-8-5-14(10-21-17)22-18(23)16-11-19-13(2)9-20-16/h3-11H,1-2H3,(H,22,23). The molecule has 24 heavy (non-hydrogen) atoms. The van der Waals surface area contributed by atoms with E-state index in [1.54, 1.807) is 18.3 Å². The van der Waals surface area contributed by atoms with Gasteiger partial charge in [0.15, 0.2) is 0 Å². The van der Waals surface area contributed by atoms with Crippen LogP contribution >= 0.6 is 0 Å². The van der Waals surface area contributed by atoms with E-state index in [1.807, 2.05) is 38.1 Å². The van der Waals surface area contributed by atoms with Crippen molar-refractivity contribution < 1.29 is 9.53 Å². The lowest BCUT2D eigenvalue weighted by molar-refractivity contribution is 0.102. The number of amides is 1. The molecule has 0 bridgehead atoms. The number of benzene rings is 1. The summed E-state index contributed by atoms with van der Waals surface area (Å²) in [5, 5.41) is 2.72. The SMILES string of the molecule is Cc1ccc(Oc2ccc(NC(=O)c3cnc(C)cn3)cn2)cc1. The fourth-order valence-corrected chi connectivity index (χ4v) is 1.95. The molecule has 1 amide bonds. The number of nitrogens with one attached hydrogen (secondary N) is 1. The largest absolute Gasteiger partial charge is 0.439 e. The van der Waals surface area contributed by atoms with Crippen molar-refractivity contribution in [1.82, 2.24) is 15.0 Å². The molecule has 0 aliphatic carbocycles. The Morgan fingerprint density at radius 1 is 0.917 bits per heavy atom. The van der Waals surface area contributed by atoms with Gasteiger partial charge in [-0.3, -0.25) is 9.78 Å². The number of carbonyl (C=O) groups is 1. The first kappa shape index (κ1) is 15.6. The molecule has 6 nitrogen and oxygen atoms in total. The fraction of sp³-hybridized carbons (Fsp3) is 0.111. The molecule has 0 saturated carbocycles. The van der Waals surface area contributed by atoms with E-state index in [2.05, 4.69) is 20.3 Å². The van der Waals surface area contributed by atoms with Crippen LogP contribution in [0.25, 0.3) is 0 Å². The van der Waals surface area contributed by atoms with Crippen LogP contribution in [0.3, 0.4) is 0 Å². The Kier molecular flexibility index (Phi) is 4.47. The summed E-state index contributed by atoms with van der Waals surface area (Å²) in [4.78, 5) is 24.3. The molecule has 2 aromatic heterocycles. The minimum Gasteiger partial charge on any atom is -0.439 e. The van der Waals surface area contributed by atoms with Gasteiger partial charge in [0.2, 0.25) is 5.88 Å². The van der Waals surface area contributed by atoms with Crippen LogP contribution in [-0.4, -0.2) is 20.9 Å². The van der Waals surface area contributed by atoms with E-state index in [-0.39, 0.29) is 11.6 Å². The zero-order chi connectivity index (χ0) is 16.9. The number of hydrogen-bond donors (Lipinski definition) is 1. The highest BCUT2D eigenvalue weighted by atomic mass is 16.5. The summed E-state index contributed by atoms with van der Waals surface area (Å²) in [5.74, 6) is 0.822. The Labute approximate surface area is 139 Å².